The molecule has 11 nitrogen and oxygen atoms in total. The largest absolute Gasteiger partial charge is 0.469 e. The Morgan fingerprint density at radius 2 is 1.58 bits per heavy atom. The molecule has 0 aliphatic carbocycles. The van der Waals surface area contributed by atoms with Crippen molar-refractivity contribution in [3.05, 3.63) is 24.4 Å². The molecule has 1 rings (SSSR count). The molecule has 1 saturated heterocycles. The van der Waals surface area contributed by atoms with Gasteiger partial charge in [-0.2, -0.15) is 0 Å². The molecule has 0 saturated carbocycles. The van der Waals surface area contributed by atoms with E-state index in [4.69, 9.17) is 31.2 Å². The topological polar surface area (TPSA) is 135 Å². The van der Waals surface area contributed by atoms with Crippen LogP contribution >= 0.6 is 12.2 Å². The number of allylic oxidation sites excluding steroid dienone is 1. The van der Waals surface area contributed by atoms with Gasteiger partial charge < -0.3 is 28.6 Å². The Hall–Kier alpha value is -3.12. The summed E-state index contributed by atoms with van der Waals surface area (Å²) in [6.45, 7) is 8.10. The molecule has 1 aliphatic rings. The van der Waals surface area contributed by atoms with Gasteiger partial charge in [0.1, 0.15) is 12.7 Å². The fraction of sp³-hybridized carbons (Fsp3) is 0.524. The van der Waals surface area contributed by atoms with Gasteiger partial charge in [-0.25, -0.2) is 0 Å². The molecule has 0 radical (unpaired) electrons. The molecule has 0 spiro atoms. The fourth-order valence-electron chi connectivity index (χ4n) is 2.98. The molecule has 0 amide bonds. The first-order chi connectivity index (χ1) is 15.4. The minimum Gasteiger partial charge on any atom is -0.469 e. The van der Waals surface area contributed by atoms with Gasteiger partial charge in [-0.15, -0.1) is 0 Å². The van der Waals surface area contributed by atoms with Crippen LogP contribution in [-0.4, -0.2) is 77.8 Å². The summed E-state index contributed by atoms with van der Waals surface area (Å²) in [6, 6.07) is 0. The molecule has 0 aromatic rings. The average Bonchev–Trinajstić information content (AvgIpc) is 3.03. The molecular weight excluding hydrogens is 458 g/mol. The molecule has 0 aromatic carbocycles. The van der Waals surface area contributed by atoms with Gasteiger partial charge in [-0.1, -0.05) is 18.8 Å². The lowest BCUT2D eigenvalue weighted by Gasteiger charge is -2.31. The smallest absolute Gasteiger partial charge is 0.310 e. The van der Waals surface area contributed by atoms with E-state index in [-0.39, 0.29) is 17.2 Å². The lowest BCUT2D eigenvalue weighted by Crippen LogP contribution is -2.47. The van der Waals surface area contributed by atoms with Crippen molar-refractivity contribution < 1.29 is 47.7 Å². The van der Waals surface area contributed by atoms with E-state index in [1.807, 2.05) is 0 Å². The van der Waals surface area contributed by atoms with E-state index in [0.29, 0.717) is 0 Å². The van der Waals surface area contributed by atoms with E-state index in [0.717, 1.165) is 19.9 Å². The van der Waals surface area contributed by atoms with Crippen molar-refractivity contribution >= 4 is 46.9 Å². The fourth-order valence-corrected chi connectivity index (χ4v) is 3.14. The summed E-state index contributed by atoms with van der Waals surface area (Å²) in [5.41, 5.74) is -0.0290. The van der Waals surface area contributed by atoms with Crippen LogP contribution in [0.3, 0.4) is 0 Å². The number of hydrogen-bond acceptors (Lipinski definition) is 11. The number of ether oxygens (including phenoxy) is 5. The molecular formula is C21H27NO10S. The summed E-state index contributed by atoms with van der Waals surface area (Å²) < 4.78 is 26.2. The van der Waals surface area contributed by atoms with Gasteiger partial charge in [-0.05, 0) is 13.0 Å². The number of methoxy groups -OCH3 is 1. The second kappa shape index (κ2) is 12.8. The summed E-state index contributed by atoms with van der Waals surface area (Å²) in [4.78, 5) is 60.4. The van der Waals surface area contributed by atoms with Crippen molar-refractivity contribution in [2.75, 3.05) is 13.7 Å². The molecule has 1 heterocycles. The third-order valence-corrected chi connectivity index (χ3v) is 4.55. The molecule has 0 aromatic heterocycles. The maximum Gasteiger partial charge on any atom is 0.310 e. The Bertz CT molecular complexity index is 852. The summed E-state index contributed by atoms with van der Waals surface area (Å²) in [7, 11) is 1.17. The van der Waals surface area contributed by atoms with Crippen molar-refractivity contribution in [2.45, 2.75) is 58.7 Å². The minimum absolute atomic E-state index is 0.0290. The standard InChI is InChI=1S/C21H27NO10S/c1-7-16(26)15(8-18(27)28-6)9-22(11(2)33)21-20(31-14(5)25)19(30-13(4)24)17(32-21)10-29-12(3)23/h7,9,17,19-21H,1,8,10H2,2-6H3/b15-9-/t17-,19?,20+,21-/m1/s1. The Labute approximate surface area is 196 Å². The number of carbonyl (C=O) groups excluding carboxylic acids is 5. The number of carbonyl (C=O) groups is 5. The summed E-state index contributed by atoms with van der Waals surface area (Å²) in [5, 5.41) is 0. The van der Waals surface area contributed by atoms with Crippen LogP contribution in [0.4, 0.5) is 0 Å². The number of thiocarbonyl (C=S) groups is 1. The van der Waals surface area contributed by atoms with Crippen LogP contribution < -0.4 is 0 Å². The first kappa shape index (κ1) is 27.9. The average molecular weight is 486 g/mol. The normalized spacial score (nSPS) is 22.0. The van der Waals surface area contributed by atoms with Crippen LogP contribution in [0.25, 0.3) is 0 Å². The zero-order valence-corrected chi connectivity index (χ0v) is 19.8. The molecule has 1 fully saturated rings. The van der Waals surface area contributed by atoms with Gasteiger partial charge >= 0.3 is 23.9 Å². The maximum absolute atomic E-state index is 12.3. The highest BCUT2D eigenvalue weighted by Crippen LogP contribution is 2.31. The minimum atomic E-state index is -1.21. The number of esters is 4. The summed E-state index contributed by atoms with van der Waals surface area (Å²) >= 11 is 5.29. The molecule has 0 bridgehead atoms. The Morgan fingerprint density at radius 1 is 1.00 bits per heavy atom. The quantitative estimate of drug-likeness (QED) is 0.189. The maximum atomic E-state index is 12.3. The summed E-state index contributed by atoms with van der Waals surface area (Å²) in [6.07, 6.45) is -2.69. The highest BCUT2D eigenvalue weighted by Gasteiger charge is 2.52. The van der Waals surface area contributed by atoms with Gasteiger partial charge in [-0.3, -0.25) is 24.0 Å². The predicted molar refractivity (Wildman–Crippen MR) is 116 cm³/mol. The number of hydrogen-bond donors (Lipinski definition) is 0. The van der Waals surface area contributed by atoms with Crippen LogP contribution in [0.5, 0.6) is 0 Å². The van der Waals surface area contributed by atoms with Gasteiger partial charge in [0.05, 0.1) is 18.5 Å². The van der Waals surface area contributed by atoms with E-state index < -0.39 is 60.6 Å². The third kappa shape index (κ3) is 8.39. The number of ketones is 1. The van der Waals surface area contributed by atoms with Crippen LogP contribution in [0, 0.1) is 0 Å². The zero-order chi connectivity index (χ0) is 25.3. The number of nitrogens with zero attached hydrogens (tertiary/aromatic N) is 1. The second-order valence-corrected chi connectivity index (χ2v) is 7.51. The highest BCUT2D eigenvalue weighted by atomic mass is 32.1. The van der Waals surface area contributed by atoms with Crippen LogP contribution in [0.1, 0.15) is 34.1 Å². The summed E-state index contributed by atoms with van der Waals surface area (Å²) in [5.74, 6) is -3.26. The molecule has 4 atom stereocenters. The Kier molecular flexibility index (Phi) is 10.8. The second-order valence-electron chi connectivity index (χ2n) is 6.92. The van der Waals surface area contributed by atoms with Crippen molar-refractivity contribution in [1.82, 2.24) is 4.90 Å². The first-order valence-corrected chi connectivity index (χ1v) is 10.2. The highest BCUT2D eigenvalue weighted by molar-refractivity contribution is 7.80. The Morgan fingerprint density at radius 3 is 2.03 bits per heavy atom. The zero-order valence-electron chi connectivity index (χ0n) is 19.0. The van der Waals surface area contributed by atoms with Crippen molar-refractivity contribution in [3.8, 4) is 0 Å². The van der Waals surface area contributed by atoms with E-state index in [9.17, 15) is 24.0 Å². The molecule has 1 unspecified atom stereocenters. The SMILES string of the molecule is C=CC(=O)/C(=C\N(C(C)=S)[C@@H]1O[C@H](COC(C)=O)C(OC(C)=O)[C@@H]1OC(C)=O)CC(=O)OC. The van der Waals surface area contributed by atoms with E-state index in [1.165, 1.54) is 32.1 Å². The monoisotopic (exact) mass is 485 g/mol. The van der Waals surface area contributed by atoms with Crippen LogP contribution in [0.2, 0.25) is 0 Å². The van der Waals surface area contributed by atoms with Gasteiger partial charge in [0.25, 0.3) is 0 Å². The van der Waals surface area contributed by atoms with Gasteiger partial charge in [0.2, 0.25) is 0 Å². The van der Waals surface area contributed by atoms with E-state index in [1.54, 1.807) is 0 Å². The van der Waals surface area contributed by atoms with Crippen molar-refractivity contribution in [1.29, 1.82) is 0 Å². The van der Waals surface area contributed by atoms with E-state index >= 15 is 0 Å². The third-order valence-electron chi connectivity index (χ3n) is 4.34. The van der Waals surface area contributed by atoms with Crippen molar-refractivity contribution in [3.63, 3.8) is 0 Å². The Balaban J connectivity index is 3.49. The van der Waals surface area contributed by atoms with Crippen molar-refractivity contribution in [2.24, 2.45) is 0 Å². The molecule has 0 N–H and O–H groups in total. The first-order valence-electron chi connectivity index (χ1n) is 9.77. The van der Waals surface area contributed by atoms with Crippen LogP contribution in [-0.2, 0) is 47.7 Å². The number of rotatable bonds is 10. The van der Waals surface area contributed by atoms with Crippen LogP contribution in [0.15, 0.2) is 24.4 Å². The molecule has 1 aliphatic heterocycles. The lowest BCUT2D eigenvalue weighted by molar-refractivity contribution is -0.166. The van der Waals surface area contributed by atoms with E-state index in [2.05, 4.69) is 11.3 Å². The lowest BCUT2D eigenvalue weighted by atomic mass is 10.1. The molecule has 33 heavy (non-hydrogen) atoms. The molecule has 182 valence electrons. The molecule has 12 heteroatoms. The predicted octanol–water partition coefficient (Wildman–Crippen LogP) is 0.989. The van der Waals surface area contributed by atoms with Gasteiger partial charge in [0, 0.05) is 32.5 Å². The van der Waals surface area contributed by atoms with Gasteiger partial charge in [0.15, 0.2) is 24.2 Å².